The van der Waals surface area contributed by atoms with E-state index in [0.717, 1.165) is 25.6 Å². The third kappa shape index (κ3) is 6.41. The van der Waals surface area contributed by atoms with Crippen LogP contribution in [0.3, 0.4) is 0 Å². The first-order chi connectivity index (χ1) is 12.3. The molecular formula is C18H23IN6S. The minimum Gasteiger partial charge on any atom is -0.357 e. The van der Waals surface area contributed by atoms with E-state index in [-0.39, 0.29) is 24.0 Å². The summed E-state index contributed by atoms with van der Waals surface area (Å²) in [5, 5.41) is 15.0. The lowest BCUT2D eigenvalue weighted by molar-refractivity contribution is 0.683. The largest absolute Gasteiger partial charge is 0.357 e. The molecule has 0 spiro atoms. The summed E-state index contributed by atoms with van der Waals surface area (Å²) in [6.07, 6.45) is 3.28. The molecular weight excluding hydrogens is 459 g/mol. The predicted octanol–water partition coefficient (Wildman–Crippen LogP) is 3.26. The molecule has 2 heterocycles. The van der Waals surface area contributed by atoms with Crippen molar-refractivity contribution in [3.8, 4) is 0 Å². The molecule has 26 heavy (non-hydrogen) atoms. The van der Waals surface area contributed by atoms with Gasteiger partial charge in [0.05, 0.1) is 13.1 Å². The number of rotatable bonds is 7. The van der Waals surface area contributed by atoms with Crippen molar-refractivity contribution < 1.29 is 0 Å². The Hall–Kier alpha value is -1.94. The highest BCUT2D eigenvalue weighted by Crippen LogP contribution is 2.08. The minimum absolute atomic E-state index is 0. The van der Waals surface area contributed by atoms with Crippen molar-refractivity contribution >= 4 is 41.3 Å². The zero-order chi connectivity index (χ0) is 17.3. The lowest BCUT2D eigenvalue weighted by Crippen LogP contribution is -2.36. The van der Waals surface area contributed by atoms with E-state index in [0.29, 0.717) is 6.54 Å². The van der Waals surface area contributed by atoms with Crippen molar-refractivity contribution in [1.29, 1.82) is 0 Å². The summed E-state index contributed by atoms with van der Waals surface area (Å²) in [6.45, 7) is 5.04. The number of guanidine groups is 1. The molecule has 0 aliphatic rings. The molecule has 0 aliphatic carbocycles. The summed E-state index contributed by atoms with van der Waals surface area (Å²) in [6, 6.07) is 10.6. The number of nitrogens with one attached hydrogen (secondary N) is 2. The maximum Gasteiger partial charge on any atom is 0.191 e. The molecule has 3 aromatic rings. The van der Waals surface area contributed by atoms with Crippen LogP contribution in [0.5, 0.6) is 0 Å². The Labute approximate surface area is 174 Å². The van der Waals surface area contributed by atoms with Gasteiger partial charge in [0.2, 0.25) is 0 Å². The molecule has 0 bridgehead atoms. The lowest BCUT2D eigenvalue weighted by Gasteiger charge is -2.12. The molecule has 0 aliphatic heterocycles. The highest BCUT2D eigenvalue weighted by atomic mass is 127. The summed E-state index contributed by atoms with van der Waals surface area (Å²) in [5.41, 5.74) is 3.64. The van der Waals surface area contributed by atoms with E-state index in [2.05, 4.69) is 73.7 Å². The van der Waals surface area contributed by atoms with Gasteiger partial charge in [0, 0.05) is 13.1 Å². The maximum absolute atomic E-state index is 4.63. The fourth-order valence-electron chi connectivity index (χ4n) is 2.42. The Morgan fingerprint density at radius 2 is 2.08 bits per heavy atom. The van der Waals surface area contributed by atoms with Gasteiger partial charge in [-0.05, 0) is 40.4 Å². The van der Waals surface area contributed by atoms with Gasteiger partial charge in [0.25, 0.3) is 0 Å². The van der Waals surface area contributed by atoms with Crippen molar-refractivity contribution in [2.24, 2.45) is 4.99 Å². The first kappa shape index (κ1) is 20.4. The zero-order valence-corrected chi connectivity index (χ0v) is 17.8. The number of aromatic nitrogens is 3. The quantitative estimate of drug-likeness (QED) is 0.308. The van der Waals surface area contributed by atoms with Gasteiger partial charge in [-0.15, -0.1) is 24.0 Å². The fraction of sp³-hybridized carbons (Fsp3) is 0.278. The molecule has 0 atom stereocenters. The van der Waals surface area contributed by atoms with E-state index in [9.17, 15) is 0 Å². The van der Waals surface area contributed by atoms with Gasteiger partial charge in [0.1, 0.15) is 12.7 Å². The molecule has 0 saturated carbocycles. The lowest BCUT2D eigenvalue weighted by atomic mass is 10.1. The second kappa shape index (κ2) is 10.9. The Bertz CT molecular complexity index is 786. The zero-order valence-electron chi connectivity index (χ0n) is 14.6. The van der Waals surface area contributed by atoms with Crippen LogP contribution in [-0.2, 0) is 19.6 Å². The topological polar surface area (TPSA) is 67.1 Å². The highest BCUT2D eigenvalue weighted by Gasteiger charge is 2.01. The summed E-state index contributed by atoms with van der Waals surface area (Å²) in [4.78, 5) is 8.61. The Kier molecular flexibility index (Phi) is 8.56. The van der Waals surface area contributed by atoms with E-state index < -0.39 is 0 Å². The smallest absolute Gasteiger partial charge is 0.191 e. The standard InChI is InChI=1S/C18H22N6S.HI/c1-2-20-18(22-10-17-6-7-25-12-17)21-9-15-4-3-5-16(8-15)11-24-14-19-13-23-24;/h3-8,12-14H,2,9-11H2,1H3,(H2,20,21,22);1H. The Morgan fingerprint density at radius 1 is 1.19 bits per heavy atom. The number of hydrogen-bond acceptors (Lipinski definition) is 4. The molecule has 3 rings (SSSR count). The molecule has 2 N–H and O–H groups in total. The molecule has 138 valence electrons. The average molecular weight is 482 g/mol. The van der Waals surface area contributed by atoms with Crippen LogP contribution in [-0.4, -0.2) is 27.3 Å². The molecule has 0 unspecified atom stereocenters. The summed E-state index contributed by atoms with van der Waals surface area (Å²) in [7, 11) is 0. The van der Waals surface area contributed by atoms with Crippen LogP contribution in [0.2, 0.25) is 0 Å². The first-order valence-corrected chi connectivity index (χ1v) is 9.21. The SMILES string of the molecule is CCNC(=NCc1ccsc1)NCc1cccc(Cn2cncn2)c1.I. The van der Waals surface area contributed by atoms with Gasteiger partial charge in [-0.2, -0.15) is 16.4 Å². The second-order valence-electron chi connectivity index (χ2n) is 5.59. The molecule has 0 amide bonds. The van der Waals surface area contributed by atoms with Crippen molar-refractivity contribution in [2.75, 3.05) is 6.54 Å². The van der Waals surface area contributed by atoms with Gasteiger partial charge in [-0.1, -0.05) is 24.3 Å². The van der Waals surface area contributed by atoms with E-state index in [1.54, 1.807) is 24.0 Å². The van der Waals surface area contributed by atoms with Crippen LogP contribution in [0.4, 0.5) is 0 Å². The monoisotopic (exact) mass is 482 g/mol. The summed E-state index contributed by atoms with van der Waals surface area (Å²) < 4.78 is 1.82. The van der Waals surface area contributed by atoms with Crippen LogP contribution in [0.1, 0.15) is 23.6 Å². The summed E-state index contributed by atoms with van der Waals surface area (Å²) >= 11 is 1.70. The van der Waals surface area contributed by atoms with Gasteiger partial charge in [0.15, 0.2) is 5.96 Å². The molecule has 1 aromatic carbocycles. The first-order valence-electron chi connectivity index (χ1n) is 8.27. The number of halogens is 1. The third-order valence-electron chi connectivity index (χ3n) is 3.61. The molecule has 0 radical (unpaired) electrons. The number of aliphatic imine (C=N–C) groups is 1. The molecule has 2 aromatic heterocycles. The second-order valence-corrected chi connectivity index (χ2v) is 6.37. The van der Waals surface area contributed by atoms with Crippen molar-refractivity contribution in [2.45, 2.75) is 26.6 Å². The third-order valence-corrected chi connectivity index (χ3v) is 4.34. The van der Waals surface area contributed by atoms with Crippen LogP contribution >= 0.6 is 35.3 Å². The van der Waals surface area contributed by atoms with Crippen LogP contribution in [0.15, 0.2) is 58.7 Å². The van der Waals surface area contributed by atoms with Crippen molar-refractivity contribution in [3.63, 3.8) is 0 Å². The van der Waals surface area contributed by atoms with Crippen molar-refractivity contribution in [1.82, 2.24) is 25.4 Å². The minimum atomic E-state index is 0. The van der Waals surface area contributed by atoms with Crippen LogP contribution in [0, 0.1) is 0 Å². The normalized spacial score (nSPS) is 11.0. The van der Waals surface area contributed by atoms with Gasteiger partial charge in [-0.25, -0.2) is 14.7 Å². The summed E-state index contributed by atoms with van der Waals surface area (Å²) in [5.74, 6) is 0.829. The van der Waals surface area contributed by atoms with Crippen molar-refractivity contribution in [3.05, 3.63) is 70.4 Å². The molecule has 0 saturated heterocycles. The number of benzene rings is 1. The maximum atomic E-state index is 4.63. The molecule has 8 heteroatoms. The predicted molar refractivity (Wildman–Crippen MR) is 117 cm³/mol. The van der Waals surface area contributed by atoms with Crippen LogP contribution in [0.25, 0.3) is 0 Å². The van der Waals surface area contributed by atoms with E-state index in [1.807, 2.05) is 4.68 Å². The number of nitrogens with zero attached hydrogens (tertiary/aromatic N) is 4. The van der Waals surface area contributed by atoms with Gasteiger partial charge < -0.3 is 10.6 Å². The van der Waals surface area contributed by atoms with E-state index >= 15 is 0 Å². The number of thiophene rings is 1. The van der Waals surface area contributed by atoms with E-state index in [1.165, 1.54) is 16.7 Å². The van der Waals surface area contributed by atoms with Gasteiger partial charge >= 0.3 is 0 Å². The number of hydrogen-bond donors (Lipinski definition) is 2. The Morgan fingerprint density at radius 3 is 2.81 bits per heavy atom. The Balaban J connectivity index is 0.00000243. The highest BCUT2D eigenvalue weighted by molar-refractivity contribution is 14.0. The average Bonchev–Trinajstić information content (AvgIpc) is 3.31. The van der Waals surface area contributed by atoms with E-state index in [4.69, 9.17) is 0 Å². The molecule has 0 fully saturated rings. The van der Waals surface area contributed by atoms with Crippen LogP contribution < -0.4 is 10.6 Å². The molecule has 6 nitrogen and oxygen atoms in total. The van der Waals surface area contributed by atoms with Gasteiger partial charge in [-0.3, -0.25) is 0 Å². The fourth-order valence-corrected chi connectivity index (χ4v) is 3.08.